The molecule has 0 radical (unpaired) electrons. The van der Waals surface area contributed by atoms with Crippen LogP contribution in [0.15, 0.2) is 41.1 Å². The third kappa shape index (κ3) is 2.74. The molecular formula is C15H20N2S. The zero-order chi connectivity index (χ0) is 13.0. The number of hydrogen-bond donors (Lipinski definition) is 1. The number of nitrogens with two attached hydrogens (primary N) is 1. The number of aryl methyl sites for hydroxylation is 1. The van der Waals surface area contributed by atoms with Gasteiger partial charge in [-0.05, 0) is 48.4 Å². The van der Waals surface area contributed by atoms with Crippen LogP contribution < -0.4 is 10.6 Å². The summed E-state index contributed by atoms with van der Waals surface area (Å²) in [5, 5.41) is 4.30. The lowest BCUT2D eigenvalue weighted by Crippen LogP contribution is -2.33. The van der Waals surface area contributed by atoms with Crippen LogP contribution in [0.25, 0.3) is 0 Å². The molecular weight excluding hydrogens is 240 g/mol. The van der Waals surface area contributed by atoms with E-state index in [-0.39, 0.29) is 6.04 Å². The summed E-state index contributed by atoms with van der Waals surface area (Å²) >= 11 is 1.73. The van der Waals surface area contributed by atoms with Crippen molar-refractivity contribution in [1.29, 1.82) is 0 Å². The van der Waals surface area contributed by atoms with Gasteiger partial charge < -0.3 is 10.6 Å². The summed E-state index contributed by atoms with van der Waals surface area (Å²) < 4.78 is 0. The minimum absolute atomic E-state index is 0.268. The molecule has 96 valence electrons. The van der Waals surface area contributed by atoms with Crippen molar-refractivity contribution in [3.63, 3.8) is 0 Å². The van der Waals surface area contributed by atoms with E-state index in [9.17, 15) is 0 Å². The SMILES string of the molecule is CCN(c1ccc(C)cc1)C(CN)c1ccsc1. The Morgan fingerprint density at radius 1 is 1.22 bits per heavy atom. The first-order chi connectivity index (χ1) is 8.76. The summed E-state index contributed by atoms with van der Waals surface area (Å²) in [6.45, 7) is 5.88. The number of anilines is 1. The van der Waals surface area contributed by atoms with Crippen LogP contribution in [0.2, 0.25) is 0 Å². The summed E-state index contributed by atoms with van der Waals surface area (Å²) in [5.41, 5.74) is 9.81. The highest BCUT2D eigenvalue weighted by atomic mass is 32.1. The molecule has 0 aliphatic carbocycles. The Hall–Kier alpha value is -1.32. The predicted molar refractivity (Wildman–Crippen MR) is 80.3 cm³/mol. The molecule has 1 aromatic carbocycles. The molecule has 1 aromatic heterocycles. The first-order valence-electron chi connectivity index (χ1n) is 6.31. The van der Waals surface area contributed by atoms with Crippen LogP contribution in [-0.2, 0) is 0 Å². The maximum Gasteiger partial charge on any atom is 0.0672 e. The second kappa shape index (κ2) is 6.03. The quantitative estimate of drug-likeness (QED) is 0.890. The van der Waals surface area contributed by atoms with Gasteiger partial charge in [-0.2, -0.15) is 11.3 Å². The summed E-state index contributed by atoms with van der Waals surface area (Å²) in [4.78, 5) is 2.36. The molecule has 0 spiro atoms. The Morgan fingerprint density at radius 2 is 1.94 bits per heavy atom. The Morgan fingerprint density at radius 3 is 2.44 bits per heavy atom. The summed E-state index contributed by atoms with van der Waals surface area (Å²) in [6.07, 6.45) is 0. The second-order valence-corrected chi connectivity index (χ2v) is 5.21. The highest BCUT2D eigenvalue weighted by Crippen LogP contribution is 2.27. The molecule has 2 nitrogen and oxygen atoms in total. The molecule has 0 bridgehead atoms. The monoisotopic (exact) mass is 260 g/mol. The average Bonchev–Trinajstić information content (AvgIpc) is 2.91. The molecule has 0 amide bonds. The molecule has 0 aliphatic heterocycles. The van der Waals surface area contributed by atoms with Gasteiger partial charge in [-0.3, -0.25) is 0 Å². The van der Waals surface area contributed by atoms with Crippen molar-refractivity contribution < 1.29 is 0 Å². The van der Waals surface area contributed by atoms with Crippen LogP contribution in [0.1, 0.15) is 24.1 Å². The van der Waals surface area contributed by atoms with Crippen molar-refractivity contribution in [2.75, 3.05) is 18.0 Å². The van der Waals surface area contributed by atoms with E-state index in [4.69, 9.17) is 5.73 Å². The smallest absolute Gasteiger partial charge is 0.0672 e. The number of likely N-dealkylation sites (N-methyl/N-ethyl adjacent to an activating group) is 1. The van der Waals surface area contributed by atoms with Crippen LogP contribution in [0.5, 0.6) is 0 Å². The van der Waals surface area contributed by atoms with E-state index < -0.39 is 0 Å². The molecule has 0 fully saturated rings. The van der Waals surface area contributed by atoms with Crippen LogP contribution in [0, 0.1) is 6.92 Å². The molecule has 0 aliphatic rings. The predicted octanol–water partition coefficient (Wildman–Crippen LogP) is 3.58. The second-order valence-electron chi connectivity index (χ2n) is 4.43. The zero-order valence-corrected chi connectivity index (χ0v) is 11.8. The van der Waals surface area contributed by atoms with Gasteiger partial charge in [-0.1, -0.05) is 17.7 Å². The Balaban J connectivity index is 2.29. The molecule has 2 aromatic rings. The van der Waals surface area contributed by atoms with Crippen molar-refractivity contribution in [3.8, 4) is 0 Å². The summed E-state index contributed by atoms with van der Waals surface area (Å²) in [7, 11) is 0. The highest BCUT2D eigenvalue weighted by Gasteiger charge is 2.18. The normalized spacial score (nSPS) is 12.4. The maximum absolute atomic E-state index is 5.97. The lowest BCUT2D eigenvalue weighted by molar-refractivity contribution is 0.645. The van der Waals surface area contributed by atoms with Crippen LogP contribution >= 0.6 is 11.3 Å². The maximum atomic E-state index is 5.97. The van der Waals surface area contributed by atoms with Crippen LogP contribution in [0.3, 0.4) is 0 Å². The molecule has 0 saturated carbocycles. The van der Waals surface area contributed by atoms with Gasteiger partial charge in [-0.25, -0.2) is 0 Å². The van der Waals surface area contributed by atoms with Crippen LogP contribution in [0.4, 0.5) is 5.69 Å². The molecule has 2 N–H and O–H groups in total. The van der Waals surface area contributed by atoms with Gasteiger partial charge in [0.1, 0.15) is 0 Å². The van der Waals surface area contributed by atoms with E-state index in [0.29, 0.717) is 6.54 Å². The number of nitrogens with zero attached hydrogens (tertiary/aromatic N) is 1. The highest BCUT2D eigenvalue weighted by molar-refractivity contribution is 7.08. The van der Waals surface area contributed by atoms with Gasteiger partial charge in [0, 0.05) is 18.8 Å². The van der Waals surface area contributed by atoms with Gasteiger partial charge in [0.05, 0.1) is 6.04 Å². The van der Waals surface area contributed by atoms with E-state index in [1.807, 2.05) is 0 Å². The fraction of sp³-hybridized carbons (Fsp3) is 0.333. The first-order valence-corrected chi connectivity index (χ1v) is 7.26. The van der Waals surface area contributed by atoms with E-state index in [1.165, 1.54) is 16.8 Å². The van der Waals surface area contributed by atoms with Gasteiger partial charge >= 0.3 is 0 Å². The minimum Gasteiger partial charge on any atom is -0.363 e. The van der Waals surface area contributed by atoms with E-state index in [1.54, 1.807) is 11.3 Å². The molecule has 18 heavy (non-hydrogen) atoms. The van der Waals surface area contributed by atoms with Crippen LogP contribution in [-0.4, -0.2) is 13.1 Å². The molecule has 1 unspecified atom stereocenters. The van der Waals surface area contributed by atoms with Crippen molar-refractivity contribution in [2.45, 2.75) is 19.9 Å². The fourth-order valence-electron chi connectivity index (χ4n) is 2.23. The van der Waals surface area contributed by atoms with Crippen molar-refractivity contribution in [3.05, 3.63) is 52.2 Å². The van der Waals surface area contributed by atoms with Crippen molar-refractivity contribution in [2.24, 2.45) is 5.73 Å². The Kier molecular flexibility index (Phi) is 4.39. The average molecular weight is 260 g/mol. The van der Waals surface area contributed by atoms with Gasteiger partial charge in [0.2, 0.25) is 0 Å². The van der Waals surface area contributed by atoms with E-state index in [2.05, 4.69) is 59.8 Å². The first kappa shape index (κ1) is 13.1. The Bertz CT molecular complexity index is 462. The van der Waals surface area contributed by atoms with E-state index in [0.717, 1.165) is 6.54 Å². The van der Waals surface area contributed by atoms with Gasteiger partial charge in [0.25, 0.3) is 0 Å². The number of rotatable bonds is 5. The lowest BCUT2D eigenvalue weighted by atomic mass is 10.1. The third-order valence-electron chi connectivity index (χ3n) is 3.23. The summed E-state index contributed by atoms with van der Waals surface area (Å²) in [6, 6.07) is 11.1. The Labute approximate surface area is 113 Å². The fourth-order valence-corrected chi connectivity index (χ4v) is 2.93. The molecule has 1 atom stereocenters. The molecule has 2 rings (SSSR count). The van der Waals surface area contributed by atoms with Gasteiger partial charge in [0.15, 0.2) is 0 Å². The van der Waals surface area contributed by atoms with Crippen molar-refractivity contribution in [1.82, 2.24) is 0 Å². The number of hydrogen-bond acceptors (Lipinski definition) is 3. The van der Waals surface area contributed by atoms with Crippen molar-refractivity contribution >= 4 is 17.0 Å². The lowest BCUT2D eigenvalue weighted by Gasteiger charge is -2.31. The van der Waals surface area contributed by atoms with E-state index >= 15 is 0 Å². The molecule has 3 heteroatoms. The largest absolute Gasteiger partial charge is 0.363 e. The molecule has 0 saturated heterocycles. The summed E-state index contributed by atoms with van der Waals surface area (Å²) in [5.74, 6) is 0. The molecule has 1 heterocycles. The number of thiophene rings is 1. The third-order valence-corrected chi connectivity index (χ3v) is 3.94. The van der Waals surface area contributed by atoms with Gasteiger partial charge in [-0.15, -0.1) is 0 Å². The standard InChI is InChI=1S/C15H20N2S/c1-3-17(14-6-4-12(2)5-7-14)15(10-16)13-8-9-18-11-13/h4-9,11,15H,3,10,16H2,1-2H3. The minimum atomic E-state index is 0.268. The number of benzene rings is 1. The zero-order valence-electron chi connectivity index (χ0n) is 11.0. The topological polar surface area (TPSA) is 29.3 Å².